The SMILES string of the molecule is O=C(CCc1ccncc1)NCC1CCCN(C(=O)/C=C/c2ccccc2)C1. The molecular weight excluding hydrogens is 350 g/mol. The van der Waals surface area contributed by atoms with E-state index in [0.717, 1.165) is 30.5 Å². The number of hydrogen-bond acceptors (Lipinski definition) is 3. The Balaban J connectivity index is 1.41. The van der Waals surface area contributed by atoms with E-state index in [1.165, 1.54) is 0 Å². The molecule has 1 N–H and O–H groups in total. The van der Waals surface area contributed by atoms with Crippen LogP contribution >= 0.6 is 0 Å². The van der Waals surface area contributed by atoms with Crippen molar-refractivity contribution >= 4 is 17.9 Å². The van der Waals surface area contributed by atoms with Gasteiger partial charge in [-0.15, -0.1) is 0 Å². The zero-order valence-corrected chi connectivity index (χ0v) is 16.1. The maximum absolute atomic E-state index is 12.5. The third-order valence-corrected chi connectivity index (χ3v) is 5.03. The number of pyridine rings is 1. The fourth-order valence-electron chi connectivity index (χ4n) is 3.42. The first-order valence-electron chi connectivity index (χ1n) is 9.88. The number of nitrogens with one attached hydrogen (secondary N) is 1. The van der Waals surface area contributed by atoms with Crippen molar-refractivity contribution in [2.75, 3.05) is 19.6 Å². The number of aromatic nitrogens is 1. The molecule has 0 spiro atoms. The second-order valence-corrected chi connectivity index (χ2v) is 7.20. The first-order valence-corrected chi connectivity index (χ1v) is 9.88. The van der Waals surface area contributed by atoms with Crippen molar-refractivity contribution in [2.24, 2.45) is 5.92 Å². The predicted octanol–water partition coefficient (Wildman–Crippen LogP) is 3.08. The molecule has 0 radical (unpaired) electrons. The highest BCUT2D eigenvalue weighted by Gasteiger charge is 2.22. The van der Waals surface area contributed by atoms with E-state index in [1.807, 2.05) is 53.4 Å². The Hall–Kier alpha value is -2.95. The van der Waals surface area contributed by atoms with Gasteiger partial charge in [-0.2, -0.15) is 0 Å². The predicted molar refractivity (Wildman–Crippen MR) is 110 cm³/mol. The highest BCUT2D eigenvalue weighted by molar-refractivity contribution is 5.91. The maximum atomic E-state index is 12.5. The first kappa shape index (κ1) is 19.8. The zero-order valence-electron chi connectivity index (χ0n) is 16.1. The first-order chi connectivity index (χ1) is 13.7. The average Bonchev–Trinajstić information content (AvgIpc) is 2.76. The van der Waals surface area contributed by atoms with Crippen LogP contribution in [0.1, 0.15) is 30.4 Å². The van der Waals surface area contributed by atoms with Crippen molar-refractivity contribution in [1.29, 1.82) is 0 Å². The van der Waals surface area contributed by atoms with Crippen molar-refractivity contribution < 1.29 is 9.59 Å². The number of nitrogens with zero attached hydrogens (tertiary/aromatic N) is 2. The summed E-state index contributed by atoms with van der Waals surface area (Å²) in [5, 5.41) is 3.03. The van der Waals surface area contributed by atoms with Crippen molar-refractivity contribution in [2.45, 2.75) is 25.7 Å². The number of rotatable bonds is 7. The fourth-order valence-corrected chi connectivity index (χ4v) is 3.42. The van der Waals surface area contributed by atoms with Gasteiger partial charge in [0.15, 0.2) is 0 Å². The van der Waals surface area contributed by atoms with E-state index in [1.54, 1.807) is 18.5 Å². The van der Waals surface area contributed by atoms with Crippen LogP contribution in [0.25, 0.3) is 6.08 Å². The summed E-state index contributed by atoms with van der Waals surface area (Å²) < 4.78 is 0. The van der Waals surface area contributed by atoms with Crippen molar-refractivity contribution in [3.05, 3.63) is 72.1 Å². The third-order valence-electron chi connectivity index (χ3n) is 5.03. The lowest BCUT2D eigenvalue weighted by molar-refractivity contribution is -0.127. The molecule has 5 heteroatoms. The summed E-state index contributed by atoms with van der Waals surface area (Å²) in [4.78, 5) is 30.4. The summed E-state index contributed by atoms with van der Waals surface area (Å²) in [6.07, 6.45) is 10.2. The number of amides is 2. The van der Waals surface area contributed by atoms with Gasteiger partial charge >= 0.3 is 0 Å². The number of carbonyl (C=O) groups is 2. The largest absolute Gasteiger partial charge is 0.356 e. The molecule has 0 aliphatic carbocycles. The number of hydrogen-bond donors (Lipinski definition) is 1. The zero-order chi connectivity index (χ0) is 19.6. The summed E-state index contributed by atoms with van der Waals surface area (Å²) in [7, 11) is 0. The van der Waals surface area contributed by atoms with Gasteiger partial charge in [0.1, 0.15) is 0 Å². The molecule has 1 unspecified atom stereocenters. The lowest BCUT2D eigenvalue weighted by Gasteiger charge is -2.32. The van der Waals surface area contributed by atoms with Crippen LogP contribution in [0.3, 0.4) is 0 Å². The topological polar surface area (TPSA) is 62.3 Å². The van der Waals surface area contributed by atoms with Gasteiger partial charge in [-0.25, -0.2) is 0 Å². The Morgan fingerprint density at radius 3 is 2.71 bits per heavy atom. The molecule has 0 saturated carbocycles. The van der Waals surface area contributed by atoms with E-state index in [2.05, 4.69) is 10.3 Å². The Labute approximate surface area is 166 Å². The number of benzene rings is 1. The second kappa shape index (κ2) is 10.4. The molecule has 1 aromatic heterocycles. The monoisotopic (exact) mass is 377 g/mol. The minimum atomic E-state index is 0.0394. The Kier molecular flexibility index (Phi) is 7.36. The summed E-state index contributed by atoms with van der Waals surface area (Å²) >= 11 is 0. The molecule has 1 saturated heterocycles. The highest BCUT2D eigenvalue weighted by atomic mass is 16.2. The van der Waals surface area contributed by atoms with Crippen LogP contribution in [0.2, 0.25) is 0 Å². The van der Waals surface area contributed by atoms with Gasteiger partial charge in [0.05, 0.1) is 0 Å². The molecular formula is C23H27N3O2. The van der Waals surface area contributed by atoms with Crippen LogP contribution in [0.5, 0.6) is 0 Å². The molecule has 146 valence electrons. The molecule has 2 aromatic rings. The highest BCUT2D eigenvalue weighted by Crippen LogP contribution is 2.16. The van der Waals surface area contributed by atoms with E-state index >= 15 is 0 Å². The summed E-state index contributed by atoms with van der Waals surface area (Å²) in [6.45, 7) is 2.11. The molecule has 0 bridgehead atoms. The van der Waals surface area contributed by atoms with Crippen LogP contribution in [0, 0.1) is 5.92 Å². The third kappa shape index (κ3) is 6.34. The number of carbonyl (C=O) groups excluding carboxylic acids is 2. The Morgan fingerprint density at radius 1 is 1.14 bits per heavy atom. The Morgan fingerprint density at radius 2 is 1.93 bits per heavy atom. The fraction of sp³-hybridized carbons (Fsp3) is 0.348. The molecule has 1 aromatic carbocycles. The summed E-state index contributed by atoms with van der Waals surface area (Å²) in [5.41, 5.74) is 2.13. The molecule has 1 aliphatic rings. The molecule has 28 heavy (non-hydrogen) atoms. The molecule has 2 heterocycles. The van der Waals surface area contributed by atoms with E-state index in [-0.39, 0.29) is 11.8 Å². The van der Waals surface area contributed by atoms with E-state index in [9.17, 15) is 9.59 Å². The minimum Gasteiger partial charge on any atom is -0.356 e. The summed E-state index contributed by atoms with van der Waals surface area (Å²) in [5.74, 6) is 0.412. The lowest BCUT2D eigenvalue weighted by atomic mass is 9.97. The lowest BCUT2D eigenvalue weighted by Crippen LogP contribution is -2.43. The van der Waals surface area contributed by atoms with Crippen LogP contribution in [0.4, 0.5) is 0 Å². The number of aryl methyl sites for hydroxylation is 1. The van der Waals surface area contributed by atoms with Crippen LogP contribution in [-0.4, -0.2) is 41.3 Å². The average molecular weight is 377 g/mol. The summed E-state index contributed by atoms with van der Waals surface area (Å²) in [6, 6.07) is 13.7. The van der Waals surface area contributed by atoms with Crippen LogP contribution in [0.15, 0.2) is 60.9 Å². The van der Waals surface area contributed by atoms with Gasteiger partial charge in [0, 0.05) is 44.5 Å². The van der Waals surface area contributed by atoms with Crippen molar-refractivity contribution in [1.82, 2.24) is 15.2 Å². The standard InChI is InChI=1S/C23H27N3O2/c27-22(10-8-20-12-14-24-15-13-20)25-17-21-7-4-16-26(18-21)23(28)11-9-19-5-2-1-3-6-19/h1-3,5-6,9,11-15,21H,4,7-8,10,16-18H2,(H,25,27)/b11-9+. The second-order valence-electron chi connectivity index (χ2n) is 7.20. The molecule has 1 fully saturated rings. The smallest absolute Gasteiger partial charge is 0.246 e. The van der Waals surface area contributed by atoms with Gasteiger partial charge < -0.3 is 10.2 Å². The quantitative estimate of drug-likeness (QED) is 0.754. The maximum Gasteiger partial charge on any atom is 0.246 e. The van der Waals surface area contributed by atoms with Gasteiger partial charge in [-0.05, 0) is 54.5 Å². The van der Waals surface area contributed by atoms with Crippen LogP contribution < -0.4 is 5.32 Å². The molecule has 1 aliphatic heterocycles. The molecule has 2 amide bonds. The number of likely N-dealkylation sites (tertiary alicyclic amines) is 1. The van der Waals surface area contributed by atoms with Gasteiger partial charge in [-0.3, -0.25) is 14.6 Å². The van der Waals surface area contributed by atoms with Crippen molar-refractivity contribution in [3.63, 3.8) is 0 Å². The van der Waals surface area contributed by atoms with Gasteiger partial charge in [0.2, 0.25) is 11.8 Å². The van der Waals surface area contributed by atoms with E-state index < -0.39 is 0 Å². The minimum absolute atomic E-state index is 0.0394. The number of piperidine rings is 1. The van der Waals surface area contributed by atoms with Crippen LogP contribution in [-0.2, 0) is 16.0 Å². The molecule has 5 nitrogen and oxygen atoms in total. The normalized spacial score (nSPS) is 16.9. The Bertz CT molecular complexity index is 790. The van der Waals surface area contributed by atoms with E-state index in [4.69, 9.17) is 0 Å². The van der Waals surface area contributed by atoms with Crippen molar-refractivity contribution in [3.8, 4) is 0 Å². The van der Waals surface area contributed by atoms with Gasteiger partial charge in [-0.1, -0.05) is 30.3 Å². The molecule has 3 rings (SSSR count). The molecule has 1 atom stereocenters. The van der Waals surface area contributed by atoms with E-state index in [0.29, 0.717) is 31.8 Å². The van der Waals surface area contributed by atoms with Gasteiger partial charge in [0.25, 0.3) is 0 Å².